The van der Waals surface area contributed by atoms with E-state index in [9.17, 15) is 14.0 Å². The maximum absolute atomic E-state index is 13.0. The summed E-state index contributed by atoms with van der Waals surface area (Å²) in [4.78, 5) is 23.3. The molecule has 0 aromatic heterocycles. The van der Waals surface area contributed by atoms with Crippen LogP contribution in [-0.4, -0.2) is 11.9 Å². The molecule has 2 aromatic carbocycles. The highest BCUT2D eigenvalue weighted by Gasteiger charge is 2.09. The molecule has 0 aliphatic rings. The molecule has 0 fully saturated rings. The van der Waals surface area contributed by atoms with E-state index in [0.717, 1.165) is 0 Å². The third-order valence-electron chi connectivity index (χ3n) is 2.96. The van der Waals surface area contributed by atoms with E-state index in [1.165, 1.54) is 12.1 Å². The highest BCUT2D eigenvalue weighted by Crippen LogP contribution is 2.13. The Morgan fingerprint density at radius 1 is 1.14 bits per heavy atom. The van der Waals surface area contributed by atoms with Crippen LogP contribution in [-0.2, 0) is 16.1 Å². The lowest BCUT2D eigenvalue weighted by atomic mass is 10.2. The second-order valence-electron chi connectivity index (χ2n) is 4.69. The standard InChI is InChI=1S/C17H16FNO3/c1-2-16(20)19-15-8-4-6-13(10-15)17(21)22-11-12-5-3-7-14(18)9-12/h3-10H,2,11H2,1H3,(H,19,20). The number of hydrogen-bond acceptors (Lipinski definition) is 3. The Morgan fingerprint density at radius 2 is 1.91 bits per heavy atom. The molecule has 0 atom stereocenters. The van der Waals surface area contributed by atoms with E-state index in [1.807, 2.05) is 0 Å². The van der Waals surface area contributed by atoms with E-state index in [0.29, 0.717) is 23.2 Å². The molecule has 0 bridgehead atoms. The molecule has 0 saturated carbocycles. The quantitative estimate of drug-likeness (QED) is 0.860. The molecule has 114 valence electrons. The van der Waals surface area contributed by atoms with Crippen LogP contribution in [0.4, 0.5) is 10.1 Å². The van der Waals surface area contributed by atoms with Gasteiger partial charge in [0.1, 0.15) is 12.4 Å². The number of benzene rings is 2. The van der Waals surface area contributed by atoms with Gasteiger partial charge in [-0.25, -0.2) is 9.18 Å². The monoisotopic (exact) mass is 301 g/mol. The zero-order valence-electron chi connectivity index (χ0n) is 12.1. The first-order valence-corrected chi connectivity index (χ1v) is 6.90. The minimum atomic E-state index is -0.531. The van der Waals surface area contributed by atoms with Gasteiger partial charge in [-0.05, 0) is 35.9 Å². The molecule has 1 amide bonds. The zero-order chi connectivity index (χ0) is 15.9. The number of anilines is 1. The fourth-order valence-corrected chi connectivity index (χ4v) is 1.83. The van der Waals surface area contributed by atoms with E-state index >= 15 is 0 Å². The van der Waals surface area contributed by atoms with E-state index in [4.69, 9.17) is 4.74 Å². The molecule has 0 aliphatic heterocycles. The zero-order valence-corrected chi connectivity index (χ0v) is 12.1. The molecule has 5 heteroatoms. The van der Waals surface area contributed by atoms with Gasteiger partial charge in [-0.1, -0.05) is 25.1 Å². The smallest absolute Gasteiger partial charge is 0.338 e. The van der Waals surface area contributed by atoms with Crippen LogP contribution in [0.15, 0.2) is 48.5 Å². The summed E-state index contributed by atoms with van der Waals surface area (Å²) in [5, 5.41) is 2.67. The van der Waals surface area contributed by atoms with Gasteiger partial charge in [0, 0.05) is 12.1 Å². The Kier molecular flexibility index (Phi) is 5.25. The predicted molar refractivity (Wildman–Crippen MR) is 80.9 cm³/mol. The second-order valence-corrected chi connectivity index (χ2v) is 4.69. The molecular formula is C17H16FNO3. The van der Waals surface area contributed by atoms with Crippen LogP contribution in [0.5, 0.6) is 0 Å². The number of rotatable bonds is 5. The summed E-state index contributed by atoms with van der Waals surface area (Å²) >= 11 is 0. The van der Waals surface area contributed by atoms with E-state index in [2.05, 4.69) is 5.32 Å². The molecule has 1 N–H and O–H groups in total. The Labute approximate surface area is 127 Å². The second kappa shape index (κ2) is 7.36. The van der Waals surface area contributed by atoms with Gasteiger partial charge < -0.3 is 10.1 Å². The van der Waals surface area contributed by atoms with Gasteiger partial charge in [0.05, 0.1) is 5.56 Å². The van der Waals surface area contributed by atoms with Crippen LogP contribution >= 0.6 is 0 Å². The average Bonchev–Trinajstić information content (AvgIpc) is 2.53. The van der Waals surface area contributed by atoms with Gasteiger partial charge >= 0.3 is 5.97 Å². The Hall–Kier alpha value is -2.69. The van der Waals surface area contributed by atoms with Gasteiger partial charge in [-0.3, -0.25) is 4.79 Å². The van der Waals surface area contributed by atoms with Crippen LogP contribution in [0.1, 0.15) is 29.3 Å². The fraction of sp³-hybridized carbons (Fsp3) is 0.176. The van der Waals surface area contributed by atoms with Gasteiger partial charge in [-0.2, -0.15) is 0 Å². The Bertz CT molecular complexity index is 685. The number of nitrogens with one attached hydrogen (secondary N) is 1. The molecule has 0 heterocycles. The van der Waals surface area contributed by atoms with Crippen LogP contribution in [0, 0.1) is 5.82 Å². The van der Waals surface area contributed by atoms with E-state index in [-0.39, 0.29) is 18.3 Å². The third kappa shape index (κ3) is 4.41. The minimum absolute atomic E-state index is 0.0118. The number of amides is 1. The maximum atomic E-state index is 13.0. The van der Waals surface area contributed by atoms with Crippen molar-refractivity contribution in [1.29, 1.82) is 0 Å². The number of carbonyl (C=O) groups excluding carboxylic acids is 2. The average molecular weight is 301 g/mol. The summed E-state index contributed by atoms with van der Waals surface area (Å²) < 4.78 is 18.2. The molecule has 4 nitrogen and oxygen atoms in total. The predicted octanol–water partition coefficient (Wildman–Crippen LogP) is 3.53. The molecule has 0 aliphatic carbocycles. The van der Waals surface area contributed by atoms with Crippen LogP contribution in [0.3, 0.4) is 0 Å². The first-order chi connectivity index (χ1) is 10.6. The highest BCUT2D eigenvalue weighted by molar-refractivity contribution is 5.94. The fourth-order valence-electron chi connectivity index (χ4n) is 1.83. The molecular weight excluding hydrogens is 285 g/mol. The highest BCUT2D eigenvalue weighted by atomic mass is 19.1. The Balaban J connectivity index is 2.00. The molecule has 0 saturated heterocycles. The minimum Gasteiger partial charge on any atom is -0.457 e. The summed E-state index contributed by atoms with van der Waals surface area (Å²) in [7, 11) is 0. The van der Waals surface area contributed by atoms with Crippen LogP contribution in [0.2, 0.25) is 0 Å². The first-order valence-electron chi connectivity index (χ1n) is 6.90. The number of hydrogen-bond donors (Lipinski definition) is 1. The SMILES string of the molecule is CCC(=O)Nc1cccc(C(=O)OCc2cccc(F)c2)c1. The summed E-state index contributed by atoms with van der Waals surface area (Å²) in [6, 6.07) is 12.3. The van der Waals surface area contributed by atoms with E-state index < -0.39 is 5.97 Å². The van der Waals surface area contributed by atoms with Crippen molar-refractivity contribution in [2.45, 2.75) is 20.0 Å². The van der Waals surface area contributed by atoms with Gasteiger partial charge in [0.15, 0.2) is 0 Å². The molecule has 2 rings (SSSR count). The first kappa shape index (κ1) is 15.7. The van der Waals surface area contributed by atoms with Crippen molar-refractivity contribution in [2.24, 2.45) is 0 Å². The third-order valence-corrected chi connectivity index (χ3v) is 2.96. The summed E-state index contributed by atoms with van der Waals surface area (Å²) in [5.74, 6) is -1.04. The van der Waals surface area contributed by atoms with Crippen molar-refractivity contribution in [2.75, 3.05) is 5.32 Å². The molecule has 22 heavy (non-hydrogen) atoms. The Morgan fingerprint density at radius 3 is 2.64 bits per heavy atom. The summed E-state index contributed by atoms with van der Waals surface area (Å²) in [6.07, 6.45) is 0.355. The van der Waals surface area contributed by atoms with Crippen molar-refractivity contribution >= 4 is 17.6 Å². The summed E-state index contributed by atoms with van der Waals surface area (Å²) in [6.45, 7) is 1.73. The van der Waals surface area contributed by atoms with Crippen molar-refractivity contribution < 1.29 is 18.7 Å². The molecule has 0 unspecified atom stereocenters. The van der Waals surface area contributed by atoms with Crippen molar-refractivity contribution in [1.82, 2.24) is 0 Å². The number of esters is 1. The van der Waals surface area contributed by atoms with Gasteiger partial charge in [-0.15, -0.1) is 0 Å². The molecule has 0 spiro atoms. The lowest BCUT2D eigenvalue weighted by Crippen LogP contribution is -2.11. The number of ether oxygens (including phenoxy) is 1. The normalized spacial score (nSPS) is 10.1. The van der Waals surface area contributed by atoms with Crippen LogP contribution in [0.25, 0.3) is 0 Å². The van der Waals surface area contributed by atoms with Crippen molar-refractivity contribution in [3.05, 3.63) is 65.5 Å². The topological polar surface area (TPSA) is 55.4 Å². The van der Waals surface area contributed by atoms with E-state index in [1.54, 1.807) is 43.3 Å². The van der Waals surface area contributed by atoms with Crippen molar-refractivity contribution in [3.8, 4) is 0 Å². The molecule has 0 radical (unpaired) electrons. The van der Waals surface area contributed by atoms with Crippen molar-refractivity contribution in [3.63, 3.8) is 0 Å². The lowest BCUT2D eigenvalue weighted by Gasteiger charge is -2.07. The van der Waals surface area contributed by atoms with Gasteiger partial charge in [0.2, 0.25) is 5.91 Å². The van der Waals surface area contributed by atoms with Crippen LogP contribution < -0.4 is 5.32 Å². The number of carbonyl (C=O) groups is 2. The largest absolute Gasteiger partial charge is 0.457 e. The summed E-state index contributed by atoms with van der Waals surface area (Å²) in [5.41, 5.74) is 1.43. The van der Waals surface area contributed by atoms with Gasteiger partial charge in [0.25, 0.3) is 0 Å². The number of halogens is 1. The maximum Gasteiger partial charge on any atom is 0.338 e. The lowest BCUT2D eigenvalue weighted by molar-refractivity contribution is -0.115. The molecule has 2 aromatic rings.